The van der Waals surface area contributed by atoms with Crippen molar-refractivity contribution in [1.29, 1.82) is 0 Å². The number of carbonyl (C=O) groups excluding carboxylic acids is 1. The number of hydrogen-bond donors (Lipinski definition) is 2. The molecule has 23 heavy (non-hydrogen) atoms. The first-order valence-corrected chi connectivity index (χ1v) is 7.23. The molecule has 0 aliphatic rings. The van der Waals surface area contributed by atoms with Gasteiger partial charge in [-0.2, -0.15) is 0 Å². The molecule has 0 spiro atoms. The minimum Gasteiger partial charge on any atom is -0.483 e. The molecule has 0 bridgehead atoms. The number of aryl methyl sites for hydroxylation is 4. The zero-order chi connectivity index (χ0) is 16.3. The minimum absolute atomic E-state index is 0. The maximum absolute atomic E-state index is 12.1. The van der Waals surface area contributed by atoms with Crippen LogP contribution in [-0.2, 0) is 4.79 Å². The smallest absolute Gasteiger partial charge is 0.262 e. The van der Waals surface area contributed by atoms with Gasteiger partial charge >= 0.3 is 0 Å². The largest absolute Gasteiger partial charge is 0.483 e. The first kappa shape index (κ1) is 18.8. The number of halogens is 1. The molecule has 1 amide bonds. The Morgan fingerprint density at radius 1 is 1.04 bits per heavy atom. The summed E-state index contributed by atoms with van der Waals surface area (Å²) < 4.78 is 5.68. The van der Waals surface area contributed by atoms with E-state index in [1.165, 1.54) is 5.56 Å². The fourth-order valence-corrected chi connectivity index (χ4v) is 2.49. The molecule has 3 N–H and O–H groups in total. The summed E-state index contributed by atoms with van der Waals surface area (Å²) in [6, 6.07) is 9.51. The molecular weight excluding hydrogens is 312 g/mol. The number of benzene rings is 2. The average Bonchev–Trinajstić information content (AvgIpc) is 2.41. The van der Waals surface area contributed by atoms with E-state index in [1.807, 2.05) is 45.9 Å². The third kappa shape index (κ3) is 4.89. The van der Waals surface area contributed by atoms with Crippen LogP contribution in [0, 0.1) is 27.7 Å². The van der Waals surface area contributed by atoms with E-state index in [0.29, 0.717) is 11.4 Å². The van der Waals surface area contributed by atoms with Gasteiger partial charge in [0.25, 0.3) is 5.91 Å². The number of rotatable bonds is 4. The van der Waals surface area contributed by atoms with Crippen LogP contribution in [0.5, 0.6) is 5.75 Å². The molecular formula is C18H23ClN2O2. The van der Waals surface area contributed by atoms with Crippen molar-refractivity contribution in [2.45, 2.75) is 27.7 Å². The highest BCUT2D eigenvalue weighted by molar-refractivity contribution is 5.93. The van der Waals surface area contributed by atoms with Gasteiger partial charge in [0.1, 0.15) is 5.75 Å². The molecule has 124 valence electrons. The molecule has 4 nitrogen and oxygen atoms in total. The summed E-state index contributed by atoms with van der Waals surface area (Å²) in [5.74, 6) is 0.568. The minimum atomic E-state index is -0.201. The maximum atomic E-state index is 12.1. The maximum Gasteiger partial charge on any atom is 0.262 e. The van der Waals surface area contributed by atoms with E-state index in [1.54, 1.807) is 12.1 Å². The van der Waals surface area contributed by atoms with E-state index >= 15 is 0 Å². The fraction of sp³-hybridized carbons (Fsp3) is 0.278. The van der Waals surface area contributed by atoms with Crippen LogP contribution in [0.15, 0.2) is 30.3 Å². The molecule has 0 aliphatic carbocycles. The van der Waals surface area contributed by atoms with Gasteiger partial charge in [-0.3, -0.25) is 4.79 Å². The van der Waals surface area contributed by atoms with Crippen molar-refractivity contribution in [3.05, 3.63) is 52.6 Å². The quantitative estimate of drug-likeness (QED) is 0.832. The average molecular weight is 335 g/mol. The number of nitrogens with two attached hydrogens (primary N) is 1. The second-order valence-corrected chi connectivity index (χ2v) is 5.64. The van der Waals surface area contributed by atoms with Crippen LogP contribution < -0.4 is 15.8 Å². The van der Waals surface area contributed by atoms with Crippen LogP contribution in [-0.4, -0.2) is 12.5 Å². The number of amides is 1. The molecule has 2 aromatic rings. The van der Waals surface area contributed by atoms with Gasteiger partial charge in [-0.15, -0.1) is 12.4 Å². The molecule has 0 aromatic heterocycles. The van der Waals surface area contributed by atoms with E-state index in [4.69, 9.17) is 10.5 Å². The Morgan fingerprint density at radius 3 is 2.26 bits per heavy atom. The second-order valence-electron chi connectivity index (χ2n) is 5.64. The normalized spacial score (nSPS) is 9.91. The van der Waals surface area contributed by atoms with Crippen molar-refractivity contribution in [2.75, 3.05) is 17.7 Å². The molecule has 0 aliphatic heterocycles. The molecule has 5 heteroatoms. The van der Waals surface area contributed by atoms with Gasteiger partial charge in [0.15, 0.2) is 6.61 Å². The summed E-state index contributed by atoms with van der Waals surface area (Å²) in [6.45, 7) is 7.90. The van der Waals surface area contributed by atoms with E-state index in [2.05, 4.69) is 5.32 Å². The predicted molar refractivity (Wildman–Crippen MR) is 97.6 cm³/mol. The lowest BCUT2D eigenvalue weighted by atomic mass is 10.1. The number of nitrogen functional groups attached to an aromatic ring is 1. The fourth-order valence-electron chi connectivity index (χ4n) is 2.49. The van der Waals surface area contributed by atoms with Gasteiger partial charge in [0.05, 0.1) is 0 Å². The molecule has 0 fully saturated rings. The Kier molecular flexibility index (Phi) is 6.46. The van der Waals surface area contributed by atoms with Crippen LogP contribution in [0.4, 0.5) is 11.4 Å². The molecule has 0 radical (unpaired) electrons. The molecule has 2 rings (SSSR count). The molecule has 0 atom stereocenters. The summed E-state index contributed by atoms with van der Waals surface area (Å²) >= 11 is 0. The van der Waals surface area contributed by atoms with E-state index in [0.717, 1.165) is 22.4 Å². The zero-order valence-electron chi connectivity index (χ0n) is 13.9. The lowest BCUT2D eigenvalue weighted by Gasteiger charge is -2.14. The molecule has 0 saturated heterocycles. The van der Waals surface area contributed by atoms with Gasteiger partial charge in [0.2, 0.25) is 0 Å². The monoisotopic (exact) mass is 334 g/mol. The number of anilines is 2. The van der Waals surface area contributed by atoms with Gasteiger partial charge in [-0.1, -0.05) is 23.8 Å². The Balaban J connectivity index is 0.00000264. The molecule has 0 unspecified atom stereocenters. The Bertz CT molecular complexity index is 691. The van der Waals surface area contributed by atoms with E-state index < -0.39 is 0 Å². The highest BCUT2D eigenvalue weighted by Gasteiger charge is 2.09. The van der Waals surface area contributed by atoms with E-state index in [9.17, 15) is 4.79 Å². The van der Waals surface area contributed by atoms with Gasteiger partial charge in [-0.05, 0) is 56.5 Å². The van der Waals surface area contributed by atoms with Gasteiger partial charge in [0, 0.05) is 11.4 Å². The predicted octanol–water partition coefficient (Wildman–Crippen LogP) is 3.94. The van der Waals surface area contributed by atoms with Gasteiger partial charge < -0.3 is 15.8 Å². The summed E-state index contributed by atoms with van der Waals surface area (Å²) in [5.41, 5.74) is 11.3. The van der Waals surface area contributed by atoms with Crippen LogP contribution >= 0.6 is 12.4 Å². The summed E-state index contributed by atoms with van der Waals surface area (Å²) in [5, 5.41) is 2.83. The van der Waals surface area contributed by atoms with Crippen LogP contribution in [0.1, 0.15) is 22.3 Å². The van der Waals surface area contributed by atoms with Crippen molar-refractivity contribution in [2.24, 2.45) is 0 Å². The zero-order valence-corrected chi connectivity index (χ0v) is 14.7. The van der Waals surface area contributed by atoms with Crippen LogP contribution in [0.2, 0.25) is 0 Å². The van der Waals surface area contributed by atoms with Gasteiger partial charge in [-0.25, -0.2) is 0 Å². The summed E-state index contributed by atoms with van der Waals surface area (Å²) in [6.07, 6.45) is 0. The summed E-state index contributed by atoms with van der Waals surface area (Å²) in [4.78, 5) is 12.1. The number of ether oxygens (including phenoxy) is 1. The number of nitrogens with one attached hydrogen (secondary N) is 1. The number of carbonyl (C=O) groups is 1. The molecule has 2 aromatic carbocycles. The highest BCUT2D eigenvalue weighted by atomic mass is 35.5. The van der Waals surface area contributed by atoms with Crippen molar-refractivity contribution < 1.29 is 9.53 Å². The van der Waals surface area contributed by atoms with Crippen molar-refractivity contribution >= 4 is 29.7 Å². The Morgan fingerprint density at radius 2 is 1.65 bits per heavy atom. The molecule has 0 saturated carbocycles. The Hall–Kier alpha value is -2.20. The van der Waals surface area contributed by atoms with Crippen LogP contribution in [0.25, 0.3) is 0 Å². The van der Waals surface area contributed by atoms with Crippen molar-refractivity contribution in [3.8, 4) is 5.75 Å². The standard InChI is InChI=1S/C18H22N2O2.ClH/c1-11-7-13(3)18(14(4)8-11)22-10-17(21)20-16-9-15(19)6-5-12(16)2;/h5-9H,10,19H2,1-4H3,(H,20,21);1H. The first-order chi connectivity index (χ1) is 10.4. The molecule has 0 heterocycles. The highest BCUT2D eigenvalue weighted by Crippen LogP contribution is 2.24. The summed E-state index contributed by atoms with van der Waals surface area (Å²) in [7, 11) is 0. The topological polar surface area (TPSA) is 64.3 Å². The van der Waals surface area contributed by atoms with E-state index in [-0.39, 0.29) is 24.9 Å². The van der Waals surface area contributed by atoms with Crippen molar-refractivity contribution in [1.82, 2.24) is 0 Å². The Labute approximate surface area is 143 Å². The third-order valence-corrected chi connectivity index (χ3v) is 3.49. The van der Waals surface area contributed by atoms with Crippen molar-refractivity contribution in [3.63, 3.8) is 0 Å². The lowest BCUT2D eigenvalue weighted by molar-refractivity contribution is -0.118. The second kappa shape index (κ2) is 7.88. The number of hydrogen-bond acceptors (Lipinski definition) is 3. The lowest BCUT2D eigenvalue weighted by Crippen LogP contribution is -2.21. The first-order valence-electron chi connectivity index (χ1n) is 7.23. The SMILES string of the molecule is Cc1cc(C)c(OCC(=O)Nc2cc(N)ccc2C)c(C)c1.Cl. The van der Waals surface area contributed by atoms with Crippen LogP contribution in [0.3, 0.4) is 0 Å². The third-order valence-electron chi connectivity index (χ3n) is 3.49.